The van der Waals surface area contributed by atoms with Crippen molar-refractivity contribution in [3.05, 3.63) is 90.1 Å². The molecular weight excluding hydrogens is 514 g/mol. The summed E-state index contributed by atoms with van der Waals surface area (Å²) in [5.74, 6) is 0.546. The normalized spacial score (nSPS) is 10.7. The smallest absolute Gasteiger partial charge is 0.343 e. The van der Waals surface area contributed by atoms with E-state index < -0.39 is 5.97 Å². The van der Waals surface area contributed by atoms with Gasteiger partial charge in [-0.05, 0) is 86.3 Å². The molecule has 1 heterocycles. The van der Waals surface area contributed by atoms with Crippen molar-refractivity contribution < 1.29 is 23.8 Å². The lowest BCUT2D eigenvalue weighted by Gasteiger charge is -2.08. The monoisotopic (exact) mass is 557 g/mol. The van der Waals surface area contributed by atoms with Crippen LogP contribution in [0.1, 0.15) is 87.6 Å². The zero-order valence-electron chi connectivity index (χ0n) is 24.5. The molecule has 3 aromatic rings. The van der Waals surface area contributed by atoms with E-state index in [0.29, 0.717) is 30.1 Å². The standard InChI is InChI=1S/C35H43NO5/c1-4-28-14-23-33(36-26-28)29-15-21-32(22-16-29)41-35(38)30-17-19-31(20-18-30)39-24-12-10-8-6-5-7-9-11-13-25-40-34(37)27(2)3/h14-23,26H,2,4-13,24-25H2,1,3H3. The van der Waals surface area contributed by atoms with Gasteiger partial charge in [0.2, 0.25) is 0 Å². The Morgan fingerprint density at radius 3 is 1.88 bits per heavy atom. The summed E-state index contributed by atoms with van der Waals surface area (Å²) in [5.41, 5.74) is 3.99. The molecule has 0 spiro atoms. The third kappa shape index (κ3) is 11.6. The first-order valence-electron chi connectivity index (χ1n) is 14.8. The van der Waals surface area contributed by atoms with E-state index in [1.807, 2.05) is 36.5 Å². The van der Waals surface area contributed by atoms with Gasteiger partial charge in [0.15, 0.2) is 0 Å². The Morgan fingerprint density at radius 1 is 0.732 bits per heavy atom. The molecule has 0 aliphatic carbocycles. The number of ether oxygens (including phenoxy) is 3. The molecule has 3 rings (SSSR count). The molecule has 0 aliphatic heterocycles. The molecule has 0 amide bonds. The molecule has 0 radical (unpaired) electrons. The van der Waals surface area contributed by atoms with Crippen LogP contribution in [-0.2, 0) is 16.0 Å². The molecule has 6 nitrogen and oxygen atoms in total. The van der Waals surface area contributed by atoms with Crippen molar-refractivity contribution in [2.24, 2.45) is 0 Å². The number of rotatable bonds is 18. The Bertz CT molecular complexity index is 1220. The second kappa shape index (κ2) is 17.7. The fourth-order valence-corrected chi connectivity index (χ4v) is 4.27. The molecule has 41 heavy (non-hydrogen) atoms. The summed E-state index contributed by atoms with van der Waals surface area (Å²) in [6.07, 6.45) is 13.1. The number of hydrogen-bond donors (Lipinski definition) is 0. The molecule has 6 heteroatoms. The quantitative estimate of drug-likeness (QED) is 0.0675. The Morgan fingerprint density at radius 2 is 1.32 bits per heavy atom. The molecule has 0 aliphatic rings. The Labute approximate surface area is 244 Å². The number of carbonyl (C=O) groups excluding carboxylic acids is 2. The summed E-state index contributed by atoms with van der Waals surface area (Å²) in [4.78, 5) is 28.4. The highest BCUT2D eigenvalue weighted by atomic mass is 16.5. The van der Waals surface area contributed by atoms with Gasteiger partial charge in [0.25, 0.3) is 0 Å². The lowest BCUT2D eigenvalue weighted by atomic mass is 10.1. The van der Waals surface area contributed by atoms with Crippen molar-refractivity contribution in [1.82, 2.24) is 4.98 Å². The Kier molecular flexibility index (Phi) is 13.6. The average molecular weight is 558 g/mol. The number of unbranched alkanes of at least 4 members (excludes halogenated alkanes) is 8. The minimum Gasteiger partial charge on any atom is -0.494 e. The third-order valence-corrected chi connectivity index (χ3v) is 6.82. The predicted molar refractivity (Wildman–Crippen MR) is 163 cm³/mol. The van der Waals surface area contributed by atoms with Gasteiger partial charge in [-0.2, -0.15) is 0 Å². The van der Waals surface area contributed by atoms with Crippen LogP contribution in [0.25, 0.3) is 11.3 Å². The minimum absolute atomic E-state index is 0.295. The van der Waals surface area contributed by atoms with E-state index in [1.54, 1.807) is 31.2 Å². The molecule has 0 saturated carbocycles. The van der Waals surface area contributed by atoms with Crippen LogP contribution in [0.15, 0.2) is 79.0 Å². The fourth-order valence-electron chi connectivity index (χ4n) is 4.27. The van der Waals surface area contributed by atoms with Crippen LogP contribution in [0.3, 0.4) is 0 Å². The van der Waals surface area contributed by atoms with Crippen molar-refractivity contribution in [1.29, 1.82) is 0 Å². The molecule has 0 atom stereocenters. The molecule has 1 aromatic heterocycles. The third-order valence-electron chi connectivity index (χ3n) is 6.82. The molecule has 0 N–H and O–H groups in total. The summed E-state index contributed by atoms with van der Waals surface area (Å²) < 4.78 is 16.5. The highest BCUT2D eigenvalue weighted by molar-refractivity contribution is 5.91. The van der Waals surface area contributed by atoms with Crippen molar-refractivity contribution in [3.8, 4) is 22.8 Å². The number of carbonyl (C=O) groups is 2. The van der Waals surface area contributed by atoms with Crippen molar-refractivity contribution in [2.75, 3.05) is 13.2 Å². The average Bonchev–Trinajstić information content (AvgIpc) is 3.00. The summed E-state index contributed by atoms with van der Waals surface area (Å²) >= 11 is 0. The van der Waals surface area contributed by atoms with E-state index >= 15 is 0 Å². The maximum atomic E-state index is 12.6. The Balaban J connectivity index is 1.24. The van der Waals surface area contributed by atoms with E-state index in [4.69, 9.17) is 14.2 Å². The molecule has 218 valence electrons. The highest BCUT2D eigenvalue weighted by Crippen LogP contribution is 2.22. The first-order chi connectivity index (χ1) is 20.0. The van der Waals surface area contributed by atoms with Gasteiger partial charge < -0.3 is 14.2 Å². The predicted octanol–water partition coefficient (Wildman–Crippen LogP) is 8.54. The van der Waals surface area contributed by atoms with Gasteiger partial charge in [0.05, 0.1) is 24.5 Å². The number of nitrogens with zero attached hydrogens (tertiary/aromatic N) is 1. The van der Waals surface area contributed by atoms with E-state index in [-0.39, 0.29) is 5.97 Å². The fraction of sp³-hybridized carbons (Fsp3) is 0.400. The van der Waals surface area contributed by atoms with E-state index in [1.165, 1.54) is 37.7 Å². The van der Waals surface area contributed by atoms with Crippen LogP contribution in [0.4, 0.5) is 0 Å². The maximum absolute atomic E-state index is 12.6. The summed E-state index contributed by atoms with van der Waals surface area (Å²) in [6.45, 7) is 8.50. The van der Waals surface area contributed by atoms with Crippen LogP contribution in [0.5, 0.6) is 11.5 Å². The van der Waals surface area contributed by atoms with E-state index in [9.17, 15) is 9.59 Å². The lowest BCUT2D eigenvalue weighted by Crippen LogP contribution is -2.08. The molecule has 0 fully saturated rings. The second-order valence-electron chi connectivity index (χ2n) is 10.3. The first kappa shape index (κ1) is 31.6. The SMILES string of the molecule is C=C(C)C(=O)OCCCCCCCCCCCOc1ccc(C(=O)Oc2ccc(-c3ccc(CC)cn3)cc2)cc1. The summed E-state index contributed by atoms with van der Waals surface area (Å²) in [6, 6.07) is 18.5. The van der Waals surface area contributed by atoms with Crippen molar-refractivity contribution in [3.63, 3.8) is 0 Å². The van der Waals surface area contributed by atoms with Gasteiger partial charge in [-0.25, -0.2) is 9.59 Å². The van der Waals surface area contributed by atoms with E-state index in [2.05, 4.69) is 24.6 Å². The number of aromatic nitrogens is 1. The van der Waals surface area contributed by atoms with E-state index in [0.717, 1.165) is 49.1 Å². The first-order valence-corrected chi connectivity index (χ1v) is 14.8. The van der Waals surface area contributed by atoms with Crippen LogP contribution >= 0.6 is 0 Å². The van der Waals surface area contributed by atoms with Gasteiger partial charge in [-0.15, -0.1) is 0 Å². The number of aryl methyl sites for hydroxylation is 1. The van der Waals surface area contributed by atoms with Crippen LogP contribution in [-0.4, -0.2) is 30.1 Å². The van der Waals surface area contributed by atoms with Gasteiger partial charge in [-0.1, -0.05) is 64.5 Å². The number of benzene rings is 2. The maximum Gasteiger partial charge on any atom is 0.343 e. The Hall–Kier alpha value is -3.93. The number of hydrogen-bond acceptors (Lipinski definition) is 6. The van der Waals surface area contributed by atoms with Gasteiger partial charge in [0, 0.05) is 17.3 Å². The number of pyridine rings is 1. The van der Waals surface area contributed by atoms with Crippen molar-refractivity contribution >= 4 is 11.9 Å². The van der Waals surface area contributed by atoms with Crippen LogP contribution < -0.4 is 9.47 Å². The molecular formula is C35H43NO5. The second-order valence-corrected chi connectivity index (χ2v) is 10.3. The van der Waals surface area contributed by atoms with Crippen molar-refractivity contribution in [2.45, 2.75) is 78.1 Å². The van der Waals surface area contributed by atoms with Gasteiger partial charge in [0.1, 0.15) is 11.5 Å². The molecule has 0 saturated heterocycles. The number of esters is 2. The molecule has 2 aromatic carbocycles. The summed E-state index contributed by atoms with van der Waals surface area (Å²) in [7, 11) is 0. The van der Waals surface area contributed by atoms with Crippen LogP contribution in [0, 0.1) is 0 Å². The topological polar surface area (TPSA) is 74.7 Å². The minimum atomic E-state index is -0.402. The largest absolute Gasteiger partial charge is 0.494 e. The van der Waals surface area contributed by atoms with Gasteiger partial charge >= 0.3 is 11.9 Å². The summed E-state index contributed by atoms with van der Waals surface area (Å²) in [5, 5.41) is 0. The zero-order chi connectivity index (χ0) is 29.3. The van der Waals surface area contributed by atoms with Gasteiger partial charge in [-0.3, -0.25) is 4.98 Å². The molecule has 0 bridgehead atoms. The van der Waals surface area contributed by atoms with Crippen LogP contribution in [0.2, 0.25) is 0 Å². The zero-order valence-corrected chi connectivity index (χ0v) is 24.5. The lowest BCUT2D eigenvalue weighted by molar-refractivity contribution is -0.139. The molecule has 0 unspecified atom stereocenters. The highest BCUT2D eigenvalue weighted by Gasteiger charge is 2.10.